The molecule has 0 spiro atoms. The van der Waals surface area contributed by atoms with Gasteiger partial charge < -0.3 is 30.1 Å². The molecule has 1 heterocycles. The van der Waals surface area contributed by atoms with Gasteiger partial charge in [0.15, 0.2) is 12.2 Å². The van der Waals surface area contributed by atoms with Crippen LogP contribution in [0, 0.1) is 0 Å². The van der Waals surface area contributed by atoms with Crippen LogP contribution >= 0.6 is 11.3 Å². The minimum atomic E-state index is -2.27. The fourth-order valence-electron chi connectivity index (χ4n) is 2.83. The Labute approximate surface area is 189 Å². The zero-order chi connectivity index (χ0) is 23.7. The molecule has 2 aromatic carbocycles. The highest BCUT2D eigenvalue weighted by Crippen LogP contribution is 2.32. The second-order valence-corrected chi connectivity index (χ2v) is 8.24. The van der Waals surface area contributed by atoms with Gasteiger partial charge in [0.25, 0.3) is 0 Å². The third-order valence-corrected chi connectivity index (χ3v) is 5.49. The van der Waals surface area contributed by atoms with Gasteiger partial charge in [0.1, 0.15) is 11.9 Å². The Morgan fingerprint density at radius 3 is 2.12 bits per heavy atom. The van der Waals surface area contributed by atoms with E-state index in [0.29, 0.717) is 0 Å². The van der Waals surface area contributed by atoms with Gasteiger partial charge in [-0.3, -0.25) is 0 Å². The molecule has 0 aliphatic rings. The first-order valence-corrected chi connectivity index (χ1v) is 10.7. The van der Waals surface area contributed by atoms with Gasteiger partial charge in [-0.25, -0.2) is 9.59 Å². The second-order valence-electron chi connectivity index (χ2n) is 7.26. The summed E-state index contributed by atoms with van der Waals surface area (Å²) in [4.78, 5) is 23.0. The molecule has 4 N–H and O–H groups in total. The van der Waals surface area contributed by atoms with Gasteiger partial charge in [0, 0.05) is 23.2 Å². The Morgan fingerprint density at radius 1 is 0.938 bits per heavy atom. The smallest absolute Gasteiger partial charge is 0.335 e. The molecule has 32 heavy (non-hydrogen) atoms. The minimum Gasteiger partial charge on any atom is -0.484 e. The fourth-order valence-corrected chi connectivity index (χ4v) is 3.62. The minimum absolute atomic E-state index is 0.105. The van der Waals surface area contributed by atoms with Crippen LogP contribution in [0.1, 0.15) is 17.4 Å². The van der Waals surface area contributed by atoms with E-state index >= 15 is 0 Å². The van der Waals surface area contributed by atoms with E-state index in [0.717, 1.165) is 18.7 Å². The summed E-state index contributed by atoms with van der Waals surface area (Å²) in [6.07, 6.45) is -3.44. The number of thiophene rings is 1. The number of aliphatic hydroxyl groups excluding tert-OH is 2. The van der Waals surface area contributed by atoms with E-state index in [-0.39, 0.29) is 6.10 Å². The average molecular weight is 462 g/mol. The summed E-state index contributed by atoms with van der Waals surface area (Å²) < 4.78 is 6.41. The Balaban J connectivity index is 0.000000309. The number of hydrogen-bond donors (Lipinski definition) is 4. The number of aliphatic hydroxyl groups is 2. The summed E-state index contributed by atoms with van der Waals surface area (Å²) in [6.45, 7) is 1.01. The van der Waals surface area contributed by atoms with Crippen LogP contribution < -0.4 is 4.74 Å². The molecule has 3 rings (SSSR count). The van der Waals surface area contributed by atoms with E-state index in [1.54, 1.807) is 11.3 Å². The van der Waals surface area contributed by atoms with Gasteiger partial charge in [0.2, 0.25) is 0 Å². The largest absolute Gasteiger partial charge is 0.484 e. The maximum Gasteiger partial charge on any atom is 0.335 e. The number of hydrogen-bond acceptors (Lipinski definition) is 7. The Hall–Kier alpha value is -2.98. The summed E-state index contributed by atoms with van der Waals surface area (Å²) in [5.74, 6) is -2.57. The summed E-state index contributed by atoms with van der Waals surface area (Å²) in [5, 5.41) is 37.0. The molecule has 0 radical (unpaired) electrons. The van der Waals surface area contributed by atoms with Crippen molar-refractivity contribution in [2.45, 2.75) is 24.7 Å². The zero-order valence-corrected chi connectivity index (χ0v) is 18.6. The van der Waals surface area contributed by atoms with Crippen molar-refractivity contribution in [3.8, 4) is 5.75 Å². The van der Waals surface area contributed by atoms with E-state index in [4.69, 9.17) is 25.2 Å². The normalized spacial score (nSPS) is 13.7. The molecule has 0 aliphatic heterocycles. The predicted molar refractivity (Wildman–Crippen MR) is 122 cm³/mol. The molecular weight excluding hydrogens is 434 g/mol. The zero-order valence-electron chi connectivity index (χ0n) is 17.8. The van der Waals surface area contributed by atoms with Crippen molar-refractivity contribution in [3.05, 3.63) is 64.9 Å². The van der Waals surface area contributed by atoms with Gasteiger partial charge in [-0.05, 0) is 37.0 Å². The molecule has 9 heteroatoms. The van der Waals surface area contributed by atoms with Crippen LogP contribution in [-0.4, -0.2) is 70.1 Å². The van der Waals surface area contributed by atoms with Crippen molar-refractivity contribution < 1.29 is 34.8 Å². The quantitative estimate of drug-likeness (QED) is 0.383. The van der Waals surface area contributed by atoms with Crippen LogP contribution in [0.4, 0.5) is 0 Å². The third kappa shape index (κ3) is 7.31. The van der Waals surface area contributed by atoms with Gasteiger partial charge in [-0.2, -0.15) is 0 Å². The number of ether oxygens (including phenoxy) is 1. The van der Waals surface area contributed by atoms with E-state index < -0.39 is 24.1 Å². The molecule has 1 aromatic heterocycles. The lowest BCUT2D eigenvalue weighted by molar-refractivity contribution is -0.165. The number of benzene rings is 2. The number of carboxylic acids is 2. The summed E-state index contributed by atoms with van der Waals surface area (Å²) in [5.41, 5.74) is 0. The second kappa shape index (κ2) is 12.2. The number of aliphatic carboxylic acids is 2. The maximum absolute atomic E-state index is 9.77. The molecule has 3 unspecified atom stereocenters. The molecule has 0 saturated carbocycles. The van der Waals surface area contributed by atoms with E-state index in [1.807, 2.05) is 0 Å². The number of carbonyl (C=O) groups is 2. The van der Waals surface area contributed by atoms with Crippen molar-refractivity contribution in [1.82, 2.24) is 4.90 Å². The van der Waals surface area contributed by atoms with Gasteiger partial charge >= 0.3 is 11.9 Å². The monoisotopic (exact) mass is 461 g/mol. The Kier molecular flexibility index (Phi) is 9.61. The molecule has 172 valence electrons. The summed E-state index contributed by atoms with van der Waals surface area (Å²) in [7, 11) is 4.20. The van der Waals surface area contributed by atoms with Gasteiger partial charge in [-0.1, -0.05) is 42.5 Å². The molecule has 0 amide bonds. The van der Waals surface area contributed by atoms with E-state index in [1.165, 1.54) is 15.6 Å². The Bertz CT molecular complexity index is 983. The van der Waals surface area contributed by atoms with Crippen molar-refractivity contribution >= 4 is 34.0 Å². The summed E-state index contributed by atoms with van der Waals surface area (Å²) >= 11 is 1.76. The molecule has 3 atom stereocenters. The first-order chi connectivity index (χ1) is 15.2. The fraction of sp³-hybridized carbons (Fsp3) is 0.304. The molecule has 0 bridgehead atoms. The molecule has 8 nitrogen and oxygen atoms in total. The molecule has 3 aromatic rings. The van der Waals surface area contributed by atoms with Crippen LogP contribution in [0.3, 0.4) is 0 Å². The average Bonchev–Trinajstić information content (AvgIpc) is 3.30. The molecule has 0 fully saturated rings. The third-order valence-electron chi connectivity index (χ3n) is 4.52. The van der Waals surface area contributed by atoms with E-state index in [9.17, 15) is 9.59 Å². The van der Waals surface area contributed by atoms with Crippen molar-refractivity contribution in [1.29, 1.82) is 0 Å². The first-order valence-electron chi connectivity index (χ1n) is 9.85. The molecule has 0 saturated heterocycles. The topological polar surface area (TPSA) is 128 Å². The van der Waals surface area contributed by atoms with Crippen molar-refractivity contribution in [2.75, 3.05) is 20.6 Å². The number of carboxylic acid groups (broad SMARTS) is 2. The Morgan fingerprint density at radius 2 is 1.56 bits per heavy atom. The van der Waals surface area contributed by atoms with Gasteiger partial charge in [-0.15, -0.1) is 11.3 Å². The number of nitrogens with zero attached hydrogens (tertiary/aromatic N) is 1. The standard InChI is InChI=1S/C19H21NOS.C4H6O6/c1-20(2)13-12-18(19-11-6-14-22-19)21-17-10-5-8-15-7-3-4-9-16(15)17;5-1(3(7)8)2(6)4(9)10/h3-11,14,18H,12-13H2,1-2H3;1-2,5-6H,(H,7,8)(H,9,10). The SMILES string of the molecule is CN(C)CCC(Oc1cccc2ccccc12)c1cccs1.O=C(O)C(O)C(O)C(=O)O. The maximum atomic E-state index is 9.77. The van der Waals surface area contributed by atoms with E-state index in [2.05, 4.69) is 79.0 Å². The highest BCUT2D eigenvalue weighted by Gasteiger charge is 2.29. The lowest BCUT2D eigenvalue weighted by Crippen LogP contribution is -2.39. The van der Waals surface area contributed by atoms with Crippen LogP contribution in [-0.2, 0) is 9.59 Å². The van der Waals surface area contributed by atoms with Crippen molar-refractivity contribution in [3.63, 3.8) is 0 Å². The molecular formula is C23H27NO7S. The van der Waals surface area contributed by atoms with Crippen LogP contribution in [0.25, 0.3) is 10.8 Å². The number of rotatable bonds is 9. The van der Waals surface area contributed by atoms with Gasteiger partial charge in [0.05, 0.1) is 0 Å². The highest BCUT2D eigenvalue weighted by atomic mass is 32.1. The molecule has 0 aliphatic carbocycles. The van der Waals surface area contributed by atoms with Crippen molar-refractivity contribution in [2.24, 2.45) is 0 Å². The predicted octanol–water partition coefficient (Wildman–Crippen LogP) is 2.85. The summed E-state index contributed by atoms with van der Waals surface area (Å²) in [6, 6.07) is 18.9. The number of fused-ring (bicyclic) bond motifs is 1. The first kappa shape index (κ1) is 25.3. The van der Waals surface area contributed by atoms with Crippen LogP contribution in [0.15, 0.2) is 60.0 Å². The highest BCUT2D eigenvalue weighted by molar-refractivity contribution is 7.10. The van der Waals surface area contributed by atoms with Crippen LogP contribution in [0.5, 0.6) is 5.75 Å². The lowest BCUT2D eigenvalue weighted by atomic mass is 10.1. The van der Waals surface area contributed by atoms with Crippen LogP contribution in [0.2, 0.25) is 0 Å². The lowest BCUT2D eigenvalue weighted by Gasteiger charge is -2.21.